The lowest BCUT2D eigenvalue weighted by Crippen LogP contribution is -2.64. The maximum Gasteiger partial charge on any atom is 0.417 e. The van der Waals surface area contributed by atoms with Crippen LogP contribution in [0.4, 0.5) is 13.2 Å². The van der Waals surface area contributed by atoms with Gasteiger partial charge in [-0.2, -0.15) is 13.2 Å². The van der Waals surface area contributed by atoms with Crippen molar-refractivity contribution in [1.82, 2.24) is 14.9 Å². The number of fused-ring (bicyclic) bond motifs is 1. The van der Waals surface area contributed by atoms with E-state index in [2.05, 4.69) is 9.97 Å². The van der Waals surface area contributed by atoms with Gasteiger partial charge in [-0.25, -0.2) is 9.97 Å². The molecule has 2 fully saturated rings. The molecule has 7 nitrogen and oxygen atoms in total. The Balaban J connectivity index is 1.29. The van der Waals surface area contributed by atoms with Crippen LogP contribution in [0.25, 0.3) is 10.9 Å². The molecule has 0 unspecified atom stereocenters. The third kappa shape index (κ3) is 3.79. The van der Waals surface area contributed by atoms with E-state index < -0.39 is 17.5 Å². The highest BCUT2D eigenvalue weighted by Gasteiger charge is 2.50. The van der Waals surface area contributed by atoms with Crippen LogP contribution in [0, 0.1) is 0 Å². The average Bonchev–Trinajstić information content (AvgIpc) is 3.22. The third-order valence-electron chi connectivity index (χ3n) is 5.13. The first-order chi connectivity index (χ1) is 14.8. The third-order valence-corrected chi connectivity index (χ3v) is 5.13. The first-order valence-electron chi connectivity index (χ1n) is 9.51. The Bertz CT molecular complexity index is 1140. The van der Waals surface area contributed by atoms with E-state index in [0.29, 0.717) is 48.6 Å². The molecular weight excluding hydrogens is 415 g/mol. The molecule has 1 spiro atoms. The average molecular weight is 431 g/mol. The summed E-state index contributed by atoms with van der Waals surface area (Å²) in [5.74, 6) is -0.442. The topological polar surface area (TPSA) is 73.8 Å². The second-order valence-corrected chi connectivity index (χ2v) is 7.30. The van der Waals surface area contributed by atoms with E-state index in [0.717, 1.165) is 18.3 Å². The maximum absolute atomic E-state index is 12.7. The first kappa shape index (κ1) is 19.7. The smallest absolute Gasteiger partial charge is 0.417 e. The van der Waals surface area contributed by atoms with Gasteiger partial charge < -0.3 is 19.1 Å². The van der Waals surface area contributed by atoms with Gasteiger partial charge in [0.05, 0.1) is 37.4 Å². The fourth-order valence-corrected chi connectivity index (χ4v) is 3.54. The number of carbonyl (C=O) groups excluding carboxylic acids is 1. The predicted octanol–water partition coefficient (Wildman–Crippen LogP) is 3.64. The number of nitrogens with zero attached hydrogens (tertiary/aromatic N) is 3. The van der Waals surface area contributed by atoms with Crippen molar-refractivity contribution in [1.29, 1.82) is 0 Å². The van der Waals surface area contributed by atoms with Crippen LogP contribution in [0.2, 0.25) is 0 Å². The number of hydrogen-bond acceptors (Lipinski definition) is 6. The van der Waals surface area contributed by atoms with E-state index in [9.17, 15) is 18.0 Å². The van der Waals surface area contributed by atoms with Crippen molar-refractivity contribution < 1.29 is 32.2 Å². The first-order valence-corrected chi connectivity index (χ1v) is 9.51. The van der Waals surface area contributed by atoms with Gasteiger partial charge in [-0.3, -0.25) is 4.79 Å². The maximum atomic E-state index is 12.7. The molecule has 0 saturated carbocycles. The molecule has 2 saturated heterocycles. The number of amides is 1. The zero-order chi connectivity index (χ0) is 21.6. The van der Waals surface area contributed by atoms with Crippen LogP contribution in [0.1, 0.15) is 16.1 Å². The summed E-state index contributed by atoms with van der Waals surface area (Å²) >= 11 is 0. The molecule has 10 heteroatoms. The number of likely N-dealkylation sites (tertiary alicyclic amines) is 1. The van der Waals surface area contributed by atoms with Gasteiger partial charge in [-0.1, -0.05) is 6.07 Å². The molecule has 0 radical (unpaired) electrons. The highest BCUT2D eigenvalue weighted by Crippen LogP contribution is 2.32. The molecule has 160 valence electrons. The molecule has 5 rings (SSSR count). The van der Waals surface area contributed by atoms with Crippen molar-refractivity contribution in [3.05, 3.63) is 59.9 Å². The standard InChI is InChI=1S/C21H16F3N3O4/c22-21(23,24)14-2-6-18(25-10-14)31-15-3-5-16-13(9-15)1-4-17(26-16)19(28)27-11-20(12-27)29-7-8-30-20/h1-6,9-10H,7-8,11-12H2. The Kier molecular flexibility index (Phi) is 4.56. The van der Waals surface area contributed by atoms with Crippen LogP contribution >= 0.6 is 0 Å². The van der Waals surface area contributed by atoms with Gasteiger partial charge in [-0.15, -0.1) is 0 Å². The lowest BCUT2D eigenvalue weighted by molar-refractivity contribution is -0.225. The minimum absolute atomic E-state index is 0.0372. The Morgan fingerprint density at radius 3 is 2.52 bits per heavy atom. The summed E-state index contributed by atoms with van der Waals surface area (Å²) in [4.78, 5) is 22.4. The normalized spacial score (nSPS) is 17.7. The van der Waals surface area contributed by atoms with Crippen LogP contribution in [0.15, 0.2) is 48.7 Å². The van der Waals surface area contributed by atoms with Crippen LogP contribution in [0.3, 0.4) is 0 Å². The molecule has 1 amide bonds. The highest BCUT2D eigenvalue weighted by atomic mass is 19.4. The molecule has 0 N–H and O–H groups in total. The van der Waals surface area contributed by atoms with Crippen molar-refractivity contribution in [2.45, 2.75) is 12.0 Å². The number of benzene rings is 1. The van der Waals surface area contributed by atoms with E-state index in [1.54, 1.807) is 35.2 Å². The SMILES string of the molecule is O=C(c1ccc2cc(Oc3ccc(C(F)(F)F)cn3)ccc2n1)N1CC2(C1)OCCO2. The minimum Gasteiger partial charge on any atom is -0.439 e. The molecule has 4 heterocycles. The number of hydrogen-bond donors (Lipinski definition) is 0. The molecule has 0 atom stereocenters. The Morgan fingerprint density at radius 1 is 1.06 bits per heavy atom. The molecule has 3 aromatic rings. The Hall–Kier alpha value is -3.24. The highest BCUT2D eigenvalue weighted by molar-refractivity contribution is 5.95. The number of ether oxygens (including phenoxy) is 3. The Labute approximate surface area is 174 Å². The van der Waals surface area contributed by atoms with Gasteiger partial charge in [0.2, 0.25) is 11.7 Å². The van der Waals surface area contributed by atoms with Gasteiger partial charge in [0.1, 0.15) is 11.4 Å². The van der Waals surface area contributed by atoms with Gasteiger partial charge in [0.15, 0.2) is 0 Å². The number of alkyl halides is 3. The van der Waals surface area contributed by atoms with Crippen molar-refractivity contribution in [3.63, 3.8) is 0 Å². The van der Waals surface area contributed by atoms with Crippen LogP contribution in [-0.2, 0) is 15.7 Å². The van der Waals surface area contributed by atoms with Crippen LogP contribution < -0.4 is 4.74 Å². The van der Waals surface area contributed by atoms with E-state index in [-0.39, 0.29) is 11.8 Å². The van der Waals surface area contributed by atoms with E-state index >= 15 is 0 Å². The molecule has 1 aromatic carbocycles. The lowest BCUT2D eigenvalue weighted by Gasteiger charge is -2.45. The van der Waals surface area contributed by atoms with Gasteiger partial charge >= 0.3 is 6.18 Å². The fraction of sp³-hybridized carbons (Fsp3) is 0.286. The summed E-state index contributed by atoms with van der Waals surface area (Å²) in [5, 5.41) is 0.712. The monoisotopic (exact) mass is 431 g/mol. The second-order valence-electron chi connectivity index (χ2n) is 7.30. The molecule has 31 heavy (non-hydrogen) atoms. The number of rotatable bonds is 3. The summed E-state index contributed by atoms with van der Waals surface area (Å²) in [7, 11) is 0. The molecule has 0 aliphatic carbocycles. The molecule has 2 aromatic heterocycles. The van der Waals surface area contributed by atoms with Gasteiger partial charge in [0, 0.05) is 17.6 Å². The molecular formula is C21H16F3N3O4. The molecule has 2 aliphatic rings. The minimum atomic E-state index is -4.46. The van der Waals surface area contributed by atoms with Crippen molar-refractivity contribution >= 4 is 16.8 Å². The van der Waals surface area contributed by atoms with Crippen LogP contribution in [-0.4, -0.2) is 52.9 Å². The van der Waals surface area contributed by atoms with E-state index in [1.165, 1.54) is 0 Å². The summed E-state index contributed by atoms with van der Waals surface area (Å²) in [6, 6.07) is 10.4. The second kappa shape index (κ2) is 7.17. The zero-order valence-electron chi connectivity index (χ0n) is 16.1. The number of pyridine rings is 2. The predicted molar refractivity (Wildman–Crippen MR) is 102 cm³/mol. The summed E-state index contributed by atoms with van der Waals surface area (Å²) in [6.07, 6.45) is -3.74. The summed E-state index contributed by atoms with van der Waals surface area (Å²) < 4.78 is 54.5. The van der Waals surface area contributed by atoms with Crippen molar-refractivity contribution in [2.75, 3.05) is 26.3 Å². The number of halogens is 3. The van der Waals surface area contributed by atoms with Crippen molar-refractivity contribution in [2.24, 2.45) is 0 Å². The van der Waals surface area contributed by atoms with E-state index in [4.69, 9.17) is 14.2 Å². The Morgan fingerprint density at radius 2 is 1.84 bits per heavy atom. The van der Waals surface area contributed by atoms with Crippen LogP contribution in [0.5, 0.6) is 11.6 Å². The van der Waals surface area contributed by atoms with Gasteiger partial charge in [0.25, 0.3) is 5.91 Å². The van der Waals surface area contributed by atoms with Gasteiger partial charge in [-0.05, 0) is 30.3 Å². The number of carbonyl (C=O) groups is 1. The zero-order valence-corrected chi connectivity index (χ0v) is 16.1. The molecule has 0 bridgehead atoms. The van der Waals surface area contributed by atoms with Crippen molar-refractivity contribution in [3.8, 4) is 11.6 Å². The molecule has 2 aliphatic heterocycles. The largest absolute Gasteiger partial charge is 0.439 e. The fourth-order valence-electron chi connectivity index (χ4n) is 3.54. The number of aromatic nitrogens is 2. The quantitative estimate of drug-likeness (QED) is 0.631. The van der Waals surface area contributed by atoms with E-state index in [1.807, 2.05) is 0 Å². The summed E-state index contributed by atoms with van der Waals surface area (Å²) in [5.41, 5.74) is 0.0412. The lowest BCUT2D eigenvalue weighted by atomic mass is 10.1. The summed E-state index contributed by atoms with van der Waals surface area (Å²) in [6.45, 7) is 1.81.